The van der Waals surface area contributed by atoms with Crippen LogP contribution in [0.5, 0.6) is 0 Å². The summed E-state index contributed by atoms with van der Waals surface area (Å²) in [5, 5.41) is 20.8. The van der Waals surface area contributed by atoms with E-state index in [-0.39, 0.29) is 12.0 Å². The first-order valence-electron chi connectivity index (χ1n) is 7.27. The molecule has 0 saturated carbocycles. The third-order valence-electron chi connectivity index (χ3n) is 4.19. The normalized spacial score (nSPS) is 28.5. The Balaban J connectivity index is 1.77. The summed E-state index contributed by atoms with van der Waals surface area (Å²) in [6.07, 6.45) is 3.61. The number of anilines is 1. The molecule has 2 aliphatic heterocycles. The number of hydrogen-bond donors (Lipinski definition) is 2. The SMILES string of the molecule is CCNC(=O)c1ccc(N2C3CCC2CC(O)C3)nn1. The van der Waals surface area contributed by atoms with Gasteiger partial charge in [0, 0.05) is 18.6 Å². The molecule has 20 heavy (non-hydrogen) atoms. The van der Waals surface area contributed by atoms with Crippen LogP contribution < -0.4 is 10.2 Å². The minimum atomic E-state index is -0.191. The number of nitrogens with zero attached hydrogens (tertiary/aromatic N) is 3. The fraction of sp³-hybridized carbons (Fsp3) is 0.643. The van der Waals surface area contributed by atoms with Crippen molar-refractivity contribution in [1.29, 1.82) is 0 Å². The molecule has 2 aliphatic rings. The van der Waals surface area contributed by atoms with Crippen LogP contribution in [0, 0.1) is 0 Å². The predicted octanol–water partition coefficient (Wildman–Crippen LogP) is 0.718. The summed E-state index contributed by atoms with van der Waals surface area (Å²) in [7, 11) is 0. The Hall–Kier alpha value is -1.69. The zero-order valence-corrected chi connectivity index (χ0v) is 11.6. The Morgan fingerprint density at radius 1 is 1.35 bits per heavy atom. The molecule has 0 radical (unpaired) electrons. The zero-order chi connectivity index (χ0) is 14.1. The second-order valence-corrected chi connectivity index (χ2v) is 5.55. The third kappa shape index (κ3) is 2.35. The molecule has 108 valence electrons. The van der Waals surface area contributed by atoms with Gasteiger partial charge in [0.2, 0.25) is 0 Å². The van der Waals surface area contributed by atoms with Gasteiger partial charge in [0.1, 0.15) is 0 Å². The van der Waals surface area contributed by atoms with Crippen molar-refractivity contribution in [2.75, 3.05) is 11.4 Å². The first kappa shape index (κ1) is 13.3. The fourth-order valence-corrected chi connectivity index (χ4v) is 3.36. The minimum Gasteiger partial charge on any atom is -0.393 e. The Morgan fingerprint density at radius 2 is 2.05 bits per heavy atom. The second kappa shape index (κ2) is 5.36. The lowest BCUT2D eigenvalue weighted by molar-refractivity contribution is 0.0950. The average Bonchev–Trinajstić information content (AvgIpc) is 2.71. The topological polar surface area (TPSA) is 78.4 Å². The van der Waals surface area contributed by atoms with E-state index >= 15 is 0 Å². The molecular weight excluding hydrogens is 256 g/mol. The van der Waals surface area contributed by atoms with Crippen LogP contribution >= 0.6 is 0 Å². The van der Waals surface area contributed by atoms with Crippen molar-refractivity contribution in [2.24, 2.45) is 0 Å². The van der Waals surface area contributed by atoms with Crippen molar-refractivity contribution in [3.05, 3.63) is 17.8 Å². The van der Waals surface area contributed by atoms with Crippen molar-refractivity contribution < 1.29 is 9.90 Å². The van der Waals surface area contributed by atoms with Gasteiger partial charge in [-0.15, -0.1) is 10.2 Å². The molecule has 2 unspecified atom stereocenters. The lowest BCUT2D eigenvalue weighted by atomic mass is 10.00. The number of piperidine rings is 1. The van der Waals surface area contributed by atoms with E-state index in [4.69, 9.17) is 0 Å². The predicted molar refractivity (Wildman–Crippen MR) is 74.6 cm³/mol. The van der Waals surface area contributed by atoms with Crippen LogP contribution in [0.15, 0.2) is 12.1 Å². The number of amides is 1. The molecule has 6 heteroatoms. The number of nitrogens with one attached hydrogen (secondary N) is 1. The highest BCUT2D eigenvalue weighted by Crippen LogP contribution is 2.38. The lowest BCUT2D eigenvalue weighted by Crippen LogP contribution is -2.45. The summed E-state index contributed by atoms with van der Waals surface area (Å²) in [6.45, 7) is 2.45. The number of carbonyl (C=O) groups excluding carboxylic acids is 1. The Morgan fingerprint density at radius 3 is 2.60 bits per heavy atom. The molecule has 2 bridgehead atoms. The van der Waals surface area contributed by atoms with Crippen LogP contribution in [0.3, 0.4) is 0 Å². The van der Waals surface area contributed by atoms with Gasteiger partial charge < -0.3 is 15.3 Å². The second-order valence-electron chi connectivity index (χ2n) is 5.55. The van der Waals surface area contributed by atoms with E-state index in [1.807, 2.05) is 13.0 Å². The highest BCUT2D eigenvalue weighted by molar-refractivity contribution is 5.92. The van der Waals surface area contributed by atoms with Crippen molar-refractivity contribution in [3.8, 4) is 0 Å². The van der Waals surface area contributed by atoms with Gasteiger partial charge >= 0.3 is 0 Å². The smallest absolute Gasteiger partial charge is 0.271 e. The number of fused-ring (bicyclic) bond motifs is 2. The first-order chi connectivity index (χ1) is 9.69. The standard InChI is InChI=1S/C14H20N4O2/c1-2-15-14(20)12-5-6-13(17-16-12)18-9-3-4-10(18)8-11(19)7-9/h5-6,9-11,19H,2-4,7-8H2,1H3,(H,15,20). The molecule has 0 aliphatic carbocycles. The van der Waals surface area contributed by atoms with Gasteiger partial charge in [-0.25, -0.2) is 0 Å². The van der Waals surface area contributed by atoms with Crippen LogP contribution in [0.25, 0.3) is 0 Å². The Labute approximate surface area is 118 Å². The highest BCUT2D eigenvalue weighted by Gasteiger charge is 2.40. The maximum atomic E-state index is 11.7. The maximum Gasteiger partial charge on any atom is 0.271 e. The number of aliphatic hydroxyl groups excluding tert-OH is 1. The summed E-state index contributed by atoms with van der Waals surface area (Å²) in [5.74, 6) is 0.626. The van der Waals surface area contributed by atoms with Crippen LogP contribution in [-0.2, 0) is 0 Å². The summed E-state index contributed by atoms with van der Waals surface area (Å²) in [4.78, 5) is 13.9. The van der Waals surface area contributed by atoms with Gasteiger partial charge in [0.05, 0.1) is 6.10 Å². The maximum absolute atomic E-state index is 11.7. The third-order valence-corrected chi connectivity index (χ3v) is 4.19. The number of rotatable bonds is 3. The molecule has 0 aromatic carbocycles. The van der Waals surface area contributed by atoms with Gasteiger partial charge in [0.25, 0.3) is 5.91 Å². The molecule has 1 aromatic rings. The number of hydrogen-bond acceptors (Lipinski definition) is 5. The molecule has 2 fully saturated rings. The largest absolute Gasteiger partial charge is 0.393 e. The molecule has 6 nitrogen and oxygen atoms in total. The Kier molecular flexibility index (Phi) is 3.56. The van der Waals surface area contributed by atoms with Crippen LogP contribution in [0.1, 0.15) is 43.1 Å². The quantitative estimate of drug-likeness (QED) is 0.850. The van der Waals surface area contributed by atoms with E-state index in [1.165, 1.54) is 0 Å². The zero-order valence-electron chi connectivity index (χ0n) is 11.6. The van der Waals surface area contributed by atoms with Gasteiger partial charge in [-0.3, -0.25) is 4.79 Å². The number of carbonyl (C=O) groups is 1. The summed E-state index contributed by atoms with van der Waals surface area (Å²) in [5.41, 5.74) is 0.347. The fourth-order valence-electron chi connectivity index (χ4n) is 3.36. The molecule has 1 aromatic heterocycles. The van der Waals surface area contributed by atoms with E-state index in [9.17, 15) is 9.90 Å². The molecule has 3 heterocycles. The molecule has 2 atom stereocenters. The molecule has 3 rings (SSSR count). The van der Waals surface area contributed by atoms with Crippen LogP contribution in [-0.4, -0.2) is 45.9 Å². The van der Waals surface area contributed by atoms with Crippen molar-refractivity contribution >= 4 is 11.7 Å². The lowest BCUT2D eigenvalue weighted by Gasteiger charge is -2.37. The van der Waals surface area contributed by atoms with E-state index in [2.05, 4.69) is 20.4 Å². The van der Waals surface area contributed by atoms with Crippen molar-refractivity contribution in [2.45, 2.75) is 50.8 Å². The average molecular weight is 276 g/mol. The summed E-state index contributed by atoms with van der Waals surface area (Å²) in [6, 6.07) is 4.29. The molecule has 1 amide bonds. The van der Waals surface area contributed by atoms with Crippen molar-refractivity contribution in [1.82, 2.24) is 15.5 Å². The van der Waals surface area contributed by atoms with Gasteiger partial charge in [-0.1, -0.05) is 0 Å². The number of aromatic nitrogens is 2. The summed E-state index contributed by atoms with van der Waals surface area (Å²) < 4.78 is 0. The van der Waals surface area contributed by atoms with Crippen LogP contribution in [0.4, 0.5) is 5.82 Å². The molecular formula is C14H20N4O2. The highest BCUT2D eigenvalue weighted by atomic mass is 16.3. The van der Waals surface area contributed by atoms with Gasteiger partial charge in [-0.05, 0) is 44.7 Å². The molecule has 2 N–H and O–H groups in total. The van der Waals surface area contributed by atoms with E-state index in [0.717, 1.165) is 31.5 Å². The first-order valence-corrected chi connectivity index (χ1v) is 7.27. The minimum absolute atomic E-state index is 0.189. The van der Waals surface area contributed by atoms with Crippen molar-refractivity contribution in [3.63, 3.8) is 0 Å². The summed E-state index contributed by atoms with van der Waals surface area (Å²) >= 11 is 0. The van der Waals surface area contributed by atoms with E-state index in [1.54, 1.807) is 6.07 Å². The van der Waals surface area contributed by atoms with E-state index < -0.39 is 0 Å². The molecule has 0 spiro atoms. The Bertz CT molecular complexity index is 476. The van der Waals surface area contributed by atoms with Gasteiger partial charge in [0.15, 0.2) is 11.5 Å². The van der Waals surface area contributed by atoms with E-state index in [0.29, 0.717) is 24.3 Å². The monoisotopic (exact) mass is 276 g/mol. The number of aliphatic hydroxyl groups is 1. The molecule has 2 saturated heterocycles. The van der Waals surface area contributed by atoms with Gasteiger partial charge in [-0.2, -0.15) is 0 Å². The van der Waals surface area contributed by atoms with Crippen LogP contribution in [0.2, 0.25) is 0 Å².